The third-order valence-electron chi connectivity index (χ3n) is 2.61. The lowest BCUT2D eigenvalue weighted by molar-refractivity contribution is 0.106. The zero-order chi connectivity index (χ0) is 15.2. The van der Waals surface area contributed by atoms with Crippen LogP contribution < -0.4 is 14.9 Å². The van der Waals surface area contributed by atoms with E-state index in [1.807, 2.05) is 0 Å². The molecule has 0 aliphatic carbocycles. The van der Waals surface area contributed by atoms with E-state index >= 15 is 0 Å². The SMILES string of the molecule is O=c1[nH]c(CNCC(O)COc2c(Cl)cccc2Cl)cs1. The highest BCUT2D eigenvalue weighted by Gasteiger charge is 2.10. The van der Waals surface area contributed by atoms with E-state index < -0.39 is 6.10 Å². The van der Waals surface area contributed by atoms with Crippen molar-refractivity contribution >= 4 is 34.5 Å². The maximum absolute atomic E-state index is 11.0. The quantitative estimate of drug-likeness (QED) is 0.717. The Morgan fingerprint density at radius 3 is 2.71 bits per heavy atom. The predicted octanol–water partition coefficient (Wildman–Crippen LogP) is 2.27. The molecule has 3 N–H and O–H groups in total. The zero-order valence-electron chi connectivity index (χ0n) is 10.9. The molecule has 1 unspecified atom stereocenters. The van der Waals surface area contributed by atoms with Gasteiger partial charge in [0.2, 0.25) is 0 Å². The first-order valence-corrected chi connectivity index (χ1v) is 7.82. The number of aromatic nitrogens is 1. The lowest BCUT2D eigenvalue weighted by atomic mass is 10.3. The molecule has 2 aromatic rings. The van der Waals surface area contributed by atoms with E-state index in [-0.39, 0.29) is 11.5 Å². The van der Waals surface area contributed by atoms with Crippen molar-refractivity contribution in [2.45, 2.75) is 12.6 Å². The Labute approximate surface area is 135 Å². The highest BCUT2D eigenvalue weighted by molar-refractivity contribution is 7.07. The maximum Gasteiger partial charge on any atom is 0.304 e. The number of thiazole rings is 1. The average molecular weight is 349 g/mol. The summed E-state index contributed by atoms with van der Waals surface area (Å²) >= 11 is 13.0. The van der Waals surface area contributed by atoms with Gasteiger partial charge in [-0.1, -0.05) is 40.6 Å². The van der Waals surface area contributed by atoms with Crippen LogP contribution in [0, 0.1) is 0 Å². The van der Waals surface area contributed by atoms with Gasteiger partial charge in [-0.2, -0.15) is 0 Å². The number of para-hydroxylation sites is 1. The summed E-state index contributed by atoms with van der Waals surface area (Å²) in [5.74, 6) is 0.363. The van der Waals surface area contributed by atoms with Crippen molar-refractivity contribution in [3.05, 3.63) is 49.0 Å². The van der Waals surface area contributed by atoms with Crippen molar-refractivity contribution in [1.29, 1.82) is 0 Å². The van der Waals surface area contributed by atoms with E-state index in [4.69, 9.17) is 27.9 Å². The minimum Gasteiger partial charge on any atom is -0.488 e. The van der Waals surface area contributed by atoms with Gasteiger partial charge in [0.15, 0.2) is 5.75 Å². The molecule has 8 heteroatoms. The summed E-state index contributed by atoms with van der Waals surface area (Å²) < 4.78 is 5.43. The highest BCUT2D eigenvalue weighted by atomic mass is 35.5. The summed E-state index contributed by atoms with van der Waals surface area (Å²) in [4.78, 5) is 13.5. The van der Waals surface area contributed by atoms with Crippen molar-refractivity contribution in [3.63, 3.8) is 0 Å². The Balaban J connectivity index is 1.74. The second kappa shape index (κ2) is 7.82. The number of nitrogens with one attached hydrogen (secondary N) is 2. The highest BCUT2D eigenvalue weighted by Crippen LogP contribution is 2.32. The van der Waals surface area contributed by atoms with E-state index in [1.54, 1.807) is 23.6 Å². The van der Waals surface area contributed by atoms with Gasteiger partial charge in [-0.25, -0.2) is 0 Å². The summed E-state index contributed by atoms with van der Waals surface area (Å²) in [6.45, 7) is 0.860. The van der Waals surface area contributed by atoms with Gasteiger partial charge in [-0.15, -0.1) is 0 Å². The standard InChI is InChI=1S/C13H14Cl2N2O3S/c14-10-2-1-3-11(15)12(10)20-6-9(18)5-16-4-8-7-21-13(19)17-8/h1-3,7,9,16,18H,4-6H2,(H,17,19). The molecule has 21 heavy (non-hydrogen) atoms. The van der Waals surface area contributed by atoms with Crippen LogP contribution in [0.4, 0.5) is 0 Å². The summed E-state index contributed by atoms with van der Waals surface area (Å²) in [6, 6.07) is 5.05. The van der Waals surface area contributed by atoms with Gasteiger partial charge in [-0.05, 0) is 12.1 Å². The third-order valence-corrected chi connectivity index (χ3v) is 3.92. The van der Waals surface area contributed by atoms with Gasteiger partial charge in [0, 0.05) is 24.2 Å². The molecule has 0 aliphatic rings. The number of aromatic amines is 1. The average Bonchev–Trinajstić information content (AvgIpc) is 2.84. The summed E-state index contributed by atoms with van der Waals surface area (Å²) in [7, 11) is 0. The Kier molecular flexibility index (Phi) is 6.08. The van der Waals surface area contributed by atoms with E-state index in [0.29, 0.717) is 28.9 Å². The first-order chi connectivity index (χ1) is 10.1. The fraction of sp³-hybridized carbons (Fsp3) is 0.308. The van der Waals surface area contributed by atoms with Gasteiger partial charge >= 0.3 is 4.87 Å². The molecule has 1 aromatic carbocycles. The monoisotopic (exact) mass is 348 g/mol. The summed E-state index contributed by atoms with van der Waals surface area (Å²) in [6.07, 6.45) is -0.720. The van der Waals surface area contributed by atoms with Crippen LogP contribution in [0.25, 0.3) is 0 Å². The van der Waals surface area contributed by atoms with Gasteiger partial charge in [0.05, 0.1) is 10.0 Å². The van der Waals surface area contributed by atoms with Crippen LogP contribution in [0.3, 0.4) is 0 Å². The van der Waals surface area contributed by atoms with Crippen LogP contribution >= 0.6 is 34.5 Å². The molecule has 0 radical (unpaired) electrons. The van der Waals surface area contributed by atoms with Crippen LogP contribution in [0.2, 0.25) is 10.0 Å². The first kappa shape index (κ1) is 16.3. The van der Waals surface area contributed by atoms with Crippen molar-refractivity contribution in [3.8, 4) is 5.75 Å². The number of hydrogen-bond acceptors (Lipinski definition) is 5. The molecule has 0 amide bonds. The van der Waals surface area contributed by atoms with Crippen LogP contribution in [-0.4, -0.2) is 29.3 Å². The molecule has 0 saturated carbocycles. The number of halogens is 2. The molecule has 114 valence electrons. The molecule has 0 spiro atoms. The fourth-order valence-corrected chi connectivity index (χ4v) is 2.72. The van der Waals surface area contributed by atoms with Gasteiger partial charge in [0.25, 0.3) is 0 Å². The van der Waals surface area contributed by atoms with Crippen LogP contribution in [0.15, 0.2) is 28.4 Å². The molecule has 5 nitrogen and oxygen atoms in total. The van der Waals surface area contributed by atoms with Crippen molar-refractivity contribution < 1.29 is 9.84 Å². The molecule has 2 rings (SSSR count). The molecular weight excluding hydrogens is 335 g/mol. The van der Waals surface area contributed by atoms with E-state index in [2.05, 4.69) is 10.3 Å². The molecule has 1 heterocycles. The smallest absolute Gasteiger partial charge is 0.304 e. The Hall–Kier alpha value is -1.05. The lowest BCUT2D eigenvalue weighted by Crippen LogP contribution is -2.31. The minimum absolute atomic E-state index is 0.0661. The van der Waals surface area contributed by atoms with Crippen molar-refractivity contribution in [2.24, 2.45) is 0 Å². The third kappa shape index (κ3) is 5.01. The van der Waals surface area contributed by atoms with Crippen LogP contribution in [-0.2, 0) is 6.54 Å². The topological polar surface area (TPSA) is 74.4 Å². The Bertz CT molecular complexity index is 624. The minimum atomic E-state index is -0.720. The second-order valence-corrected chi connectivity index (χ2v) is 5.98. The first-order valence-electron chi connectivity index (χ1n) is 6.18. The number of hydrogen-bond donors (Lipinski definition) is 3. The number of aliphatic hydroxyl groups excluding tert-OH is 1. The Morgan fingerprint density at radius 2 is 2.10 bits per heavy atom. The lowest BCUT2D eigenvalue weighted by Gasteiger charge is -2.14. The normalized spacial score (nSPS) is 12.3. The number of rotatable bonds is 7. The predicted molar refractivity (Wildman–Crippen MR) is 84.6 cm³/mol. The molecule has 0 aliphatic heterocycles. The van der Waals surface area contributed by atoms with Gasteiger partial charge in [0.1, 0.15) is 12.7 Å². The number of aliphatic hydroxyl groups is 1. The summed E-state index contributed by atoms with van der Waals surface area (Å²) in [5, 5.41) is 15.4. The number of ether oxygens (including phenoxy) is 1. The van der Waals surface area contributed by atoms with Crippen LogP contribution in [0.1, 0.15) is 5.69 Å². The maximum atomic E-state index is 11.0. The van der Waals surface area contributed by atoms with E-state index in [0.717, 1.165) is 17.0 Å². The Morgan fingerprint density at radius 1 is 1.38 bits per heavy atom. The second-order valence-electron chi connectivity index (χ2n) is 4.32. The number of benzene rings is 1. The molecular formula is C13H14Cl2N2O3S. The largest absolute Gasteiger partial charge is 0.488 e. The van der Waals surface area contributed by atoms with Crippen LogP contribution in [0.5, 0.6) is 5.75 Å². The van der Waals surface area contributed by atoms with E-state index in [1.165, 1.54) is 0 Å². The van der Waals surface area contributed by atoms with Crippen molar-refractivity contribution in [2.75, 3.05) is 13.2 Å². The fourth-order valence-electron chi connectivity index (χ4n) is 1.63. The zero-order valence-corrected chi connectivity index (χ0v) is 13.3. The molecule has 0 fully saturated rings. The molecule has 1 atom stereocenters. The van der Waals surface area contributed by atoms with E-state index in [9.17, 15) is 9.90 Å². The van der Waals surface area contributed by atoms with Crippen molar-refractivity contribution in [1.82, 2.24) is 10.3 Å². The van der Waals surface area contributed by atoms with Gasteiger partial charge < -0.3 is 20.1 Å². The molecule has 1 aromatic heterocycles. The molecule has 0 bridgehead atoms. The molecule has 0 saturated heterocycles. The van der Waals surface area contributed by atoms with Gasteiger partial charge in [-0.3, -0.25) is 4.79 Å². The summed E-state index contributed by atoms with van der Waals surface area (Å²) in [5.41, 5.74) is 0.785. The number of H-pyrrole nitrogens is 1.